The van der Waals surface area contributed by atoms with Gasteiger partial charge in [-0.3, -0.25) is 14.4 Å². The first-order valence-corrected chi connectivity index (χ1v) is 9.26. The molecule has 1 N–H and O–H groups in total. The van der Waals surface area contributed by atoms with E-state index in [1.165, 1.54) is 0 Å². The monoisotopic (exact) mass is 336 g/mol. The van der Waals surface area contributed by atoms with Crippen LogP contribution in [0.5, 0.6) is 0 Å². The van der Waals surface area contributed by atoms with Gasteiger partial charge in [-0.2, -0.15) is 0 Å². The summed E-state index contributed by atoms with van der Waals surface area (Å²) in [7, 11) is 0. The van der Waals surface area contributed by atoms with Gasteiger partial charge in [0.25, 0.3) is 0 Å². The Morgan fingerprint density at radius 3 is 2.42 bits per heavy atom. The van der Waals surface area contributed by atoms with E-state index in [0.717, 1.165) is 38.0 Å². The molecule has 2 atom stereocenters. The summed E-state index contributed by atoms with van der Waals surface area (Å²) in [5.41, 5.74) is 0. The lowest BCUT2D eigenvalue weighted by molar-refractivity contribution is -0.146. The number of carboxylic acid groups (broad SMARTS) is 1. The minimum absolute atomic E-state index is 0.0269. The largest absolute Gasteiger partial charge is 0.481 e. The van der Waals surface area contributed by atoms with Crippen molar-refractivity contribution in [3.05, 3.63) is 0 Å². The number of piperidine rings is 1. The minimum atomic E-state index is -0.826. The number of hydrogen-bond donors (Lipinski definition) is 1. The average Bonchev–Trinajstić information content (AvgIpc) is 2.97. The molecule has 0 bridgehead atoms. The molecule has 2 amide bonds. The number of likely N-dealkylation sites (tertiary alicyclic amines) is 2. The molecule has 0 aromatic carbocycles. The molecule has 3 aliphatic rings. The van der Waals surface area contributed by atoms with Crippen LogP contribution >= 0.6 is 0 Å². The lowest BCUT2D eigenvalue weighted by atomic mass is 9.86. The number of carbonyl (C=O) groups is 3. The average molecular weight is 336 g/mol. The predicted molar refractivity (Wildman–Crippen MR) is 88.2 cm³/mol. The van der Waals surface area contributed by atoms with E-state index in [4.69, 9.17) is 0 Å². The van der Waals surface area contributed by atoms with Crippen molar-refractivity contribution in [2.24, 2.45) is 17.8 Å². The zero-order valence-electron chi connectivity index (χ0n) is 14.4. The number of carbonyl (C=O) groups excluding carboxylic acids is 2. The third kappa shape index (κ3) is 3.57. The molecule has 0 spiro atoms. The maximum atomic E-state index is 12.7. The van der Waals surface area contributed by atoms with Gasteiger partial charge in [-0.25, -0.2) is 0 Å². The smallest absolute Gasteiger partial charge is 0.308 e. The molecule has 6 heteroatoms. The molecule has 6 nitrogen and oxygen atoms in total. The van der Waals surface area contributed by atoms with Gasteiger partial charge in [-0.1, -0.05) is 6.92 Å². The number of hydrogen-bond acceptors (Lipinski definition) is 3. The third-order valence-electron chi connectivity index (χ3n) is 6.02. The van der Waals surface area contributed by atoms with Gasteiger partial charge in [-0.15, -0.1) is 0 Å². The van der Waals surface area contributed by atoms with E-state index >= 15 is 0 Å². The molecule has 2 aliphatic heterocycles. The molecule has 0 aromatic rings. The normalized spacial score (nSPS) is 34.5. The first kappa shape index (κ1) is 17.2. The summed E-state index contributed by atoms with van der Waals surface area (Å²) < 4.78 is 0. The van der Waals surface area contributed by atoms with Crippen LogP contribution in [0.25, 0.3) is 0 Å². The topological polar surface area (TPSA) is 77.9 Å². The van der Waals surface area contributed by atoms with Crippen molar-refractivity contribution < 1.29 is 19.5 Å². The number of nitrogens with zero attached hydrogens (tertiary/aromatic N) is 2. The molecule has 2 saturated heterocycles. The predicted octanol–water partition coefficient (Wildman–Crippen LogP) is 1.74. The lowest BCUT2D eigenvalue weighted by Crippen LogP contribution is -2.46. The van der Waals surface area contributed by atoms with E-state index in [2.05, 4.69) is 6.92 Å². The fraction of sp³-hybridized carbons (Fsp3) is 0.833. The highest BCUT2D eigenvalue weighted by Crippen LogP contribution is 2.32. The van der Waals surface area contributed by atoms with Crippen LogP contribution in [-0.2, 0) is 14.4 Å². The maximum Gasteiger partial charge on any atom is 0.308 e. The van der Waals surface area contributed by atoms with Crippen LogP contribution in [0.1, 0.15) is 51.9 Å². The summed E-state index contributed by atoms with van der Waals surface area (Å²) in [6, 6.07) is 0.291. The van der Waals surface area contributed by atoms with Crippen LogP contribution in [0.3, 0.4) is 0 Å². The second kappa shape index (κ2) is 7.11. The van der Waals surface area contributed by atoms with Gasteiger partial charge in [0.15, 0.2) is 0 Å². The molecule has 0 aromatic heterocycles. The van der Waals surface area contributed by atoms with Crippen molar-refractivity contribution in [2.45, 2.75) is 57.9 Å². The van der Waals surface area contributed by atoms with E-state index in [9.17, 15) is 19.5 Å². The zero-order chi connectivity index (χ0) is 17.3. The Hall–Kier alpha value is -1.59. The Morgan fingerprint density at radius 2 is 1.75 bits per heavy atom. The molecule has 1 aliphatic carbocycles. The minimum Gasteiger partial charge on any atom is -0.481 e. The number of carboxylic acids is 1. The third-order valence-corrected chi connectivity index (χ3v) is 6.02. The maximum absolute atomic E-state index is 12.7. The first-order valence-electron chi connectivity index (χ1n) is 9.26. The zero-order valence-corrected chi connectivity index (χ0v) is 14.4. The van der Waals surface area contributed by atoms with Gasteiger partial charge >= 0.3 is 5.97 Å². The second-order valence-electron chi connectivity index (χ2n) is 7.82. The summed E-state index contributed by atoms with van der Waals surface area (Å²) >= 11 is 0. The van der Waals surface area contributed by atoms with Crippen LogP contribution in [-0.4, -0.2) is 58.4 Å². The van der Waals surface area contributed by atoms with E-state index < -0.39 is 11.9 Å². The van der Waals surface area contributed by atoms with Gasteiger partial charge in [0.1, 0.15) is 0 Å². The summed E-state index contributed by atoms with van der Waals surface area (Å²) in [5, 5.41) is 9.18. The number of aliphatic carboxylic acids is 1. The lowest BCUT2D eigenvalue weighted by Gasteiger charge is -2.34. The fourth-order valence-electron chi connectivity index (χ4n) is 4.44. The Kier molecular flexibility index (Phi) is 5.11. The molecular weight excluding hydrogens is 308 g/mol. The molecule has 134 valence electrons. The number of rotatable bonds is 3. The van der Waals surface area contributed by atoms with Crippen LogP contribution in [0, 0.1) is 17.8 Å². The Morgan fingerprint density at radius 1 is 1.04 bits per heavy atom. The summed E-state index contributed by atoms with van der Waals surface area (Å²) in [6.45, 7) is 3.68. The SMILES string of the molecule is CC1CCC(N2C[C@H](C(=O)N3CCC[C@H](C(=O)O)C3)CC2=O)CC1. The molecule has 3 rings (SSSR count). The van der Waals surface area contributed by atoms with Crippen LogP contribution in [0.4, 0.5) is 0 Å². The molecule has 1 saturated carbocycles. The van der Waals surface area contributed by atoms with Crippen LogP contribution in [0.15, 0.2) is 0 Å². The molecule has 0 radical (unpaired) electrons. The van der Waals surface area contributed by atoms with Gasteiger partial charge in [0, 0.05) is 32.1 Å². The number of amides is 2. The quantitative estimate of drug-likeness (QED) is 0.851. The fourth-order valence-corrected chi connectivity index (χ4v) is 4.44. The Balaban J connectivity index is 1.58. The summed E-state index contributed by atoms with van der Waals surface area (Å²) in [6.07, 6.45) is 6.04. The summed E-state index contributed by atoms with van der Waals surface area (Å²) in [5.74, 6) is -0.772. The van der Waals surface area contributed by atoms with Crippen molar-refractivity contribution >= 4 is 17.8 Å². The highest BCUT2D eigenvalue weighted by atomic mass is 16.4. The van der Waals surface area contributed by atoms with Crippen LogP contribution in [0.2, 0.25) is 0 Å². The summed E-state index contributed by atoms with van der Waals surface area (Å²) in [4.78, 5) is 39.9. The molecule has 3 fully saturated rings. The molecule has 0 unspecified atom stereocenters. The van der Waals surface area contributed by atoms with Crippen molar-refractivity contribution in [1.29, 1.82) is 0 Å². The highest BCUT2D eigenvalue weighted by molar-refractivity contribution is 5.89. The van der Waals surface area contributed by atoms with Crippen LogP contribution < -0.4 is 0 Å². The van der Waals surface area contributed by atoms with E-state index in [0.29, 0.717) is 38.5 Å². The highest BCUT2D eigenvalue weighted by Gasteiger charge is 2.41. The van der Waals surface area contributed by atoms with E-state index in [1.807, 2.05) is 4.90 Å². The van der Waals surface area contributed by atoms with Crippen molar-refractivity contribution in [3.8, 4) is 0 Å². The van der Waals surface area contributed by atoms with Crippen molar-refractivity contribution in [1.82, 2.24) is 9.80 Å². The van der Waals surface area contributed by atoms with Gasteiger partial charge in [0.2, 0.25) is 11.8 Å². The van der Waals surface area contributed by atoms with Crippen molar-refractivity contribution in [2.75, 3.05) is 19.6 Å². The van der Waals surface area contributed by atoms with Crippen molar-refractivity contribution in [3.63, 3.8) is 0 Å². The molecular formula is C18H28N2O4. The van der Waals surface area contributed by atoms with E-state index in [-0.39, 0.29) is 17.7 Å². The molecule has 24 heavy (non-hydrogen) atoms. The first-order chi connectivity index (χ1) is 11.5. The van der Waals surface area contributed by atoms with E-state index in [1.54, 1.807) is 4.90 Å². The Labute approximate surface area is 143 Å². The Bertz CT molecular complexity index is 513. The van der Waals surface area contributed by atoms with Gasteiger partial charge in [0.05, 0.1) is 11.8 Å². The van der Waals surface area contributed by atoms with Gasteiger partial charge < -0.3 is 14.9 Å². The van der Waals surface area contributed by atoms with Gasteiger partial charge in [-0.05, 0) is 44.4 Å². The second-order valence-corrected chi connectivity index (χ2v) is 7.82. The molecule has 2 heterocycles. The standard InChI is InChI=1S/C18H28N2O4/c1-12-4-6-15(7-5-12)20-11-14(9-16(20)21)17(22)19-8-2-3-13(10-19)18(23)24/h12-15H,2-11H2,1H3,(H,23,24)/t12?,13-,14+,15?/m0/s1.